The fourth-order valence-corrected chi connectivity index (χ4v) is 2.17. The highest BCUT2D eigenvalue weighted by Crippen LogP contribution is 2.26. The third-order valence-electron chi connectivity index (χ3n) is 3.09. The van der Waals surface area contributed by atoms with Crippen LogP contribution in [0.1, 0.15) is 25.8 Å². The molecule has 0 saturated heterocycles. The second-order valence-electron chi connectivity index (χ2n) is 4.18. The Labute approximate surface area is 107 Å². The van der Waals surface area contributed by atoms with Gasteiger partial charge in [0.2, 0.25) is 0 Å². The van der Waals surface area contributed by atoms with E-state index < -0.39 is 0 Å². The Morgan fingerprint density at radius 3 is 2.69 bits per heavy atom. The largest absolute Gasteiger partial charge is 0.372 e. The standard InChI is InChI=1S/C13H21BrN2/c1-4-10(2)16(3)13-6-5-12(14)9-11(13)7-8-15/h5-6,9-10H,4,7-8,15H2,1-3H3. The third kappa shape index (κ3) is 3.22. The van der Waals surface area contributed by atoms with Crippen LogP contribution in [0.25, 0.3) is 0 Å². The van der Waals surface area contributed by atoms with Crippen LogP contribution in [0.15, 0.2) is 22.7 Å². The zero-order valence-electron chi connectivity index (χ0n) is 10.3. The zero-order valence-corrected chi connectivity index (χ0v) is 11.9. The van der Waals surface area contributed by atoms with Crippen LogP contribution in [0, 0.1) is 0 Å². The van der Waals surface area contributed by atoms with Crippen LogP contribution in [-0.2, 0) is 6.42 Å². The first-order chi connectivity index (χ1) is 7.60. The van der Waals surface area contributed by atoms with Gasteiger partial charge in [-0.05, 0) is 50.1 Å². The van der Waals surface area contributed by atoms with Crippen molar-refractivity contribution < 1.29 is 0 Å². The number of hydrogen-bond donors (Lipinski definition) is 1. The molecule has 1 aromatic rings. The van der Waals surface area contributed by atoms with Gasteiger partial charge in [0, 0.05) is 23.2 Å². The lowest BCUT2D eigenvalue weighted by Crippen LogP contribution is -2.29. The van der Waals surface area contributed by atoms with Gasteiger partial charge in [-0.2, -0.15) is 0 Å². The van der Waals surface area contributed by atoms with E-state index in [9.17, 15) is 0 Å². The number of halogens is 1. The smallest absolute Gasteiger partial charge is 0.0399 e. The van der Waals surface area contributed by atoms with Gasteiger partial charge in [-0.15, -0.1) is 0 Å². The summed E-state index contributed by atoms with van der Waals surface area (Å²) < 4.78 is 1.12. The minimum absolute atomic E-state index is 0.553. The molecule has 0 fully saturated rings. The number of anilines is 1. The molecular weight excluding hydrogens is 264 g/mol. The summed E-state index contributed by atoms with van der Waals surface area (Å²) in [7, 11) is 2.15. The molecule has 1 unspecified atom stereocenters. The summed E-state index contributed by atoms with van der Waals surface area (Å²) in [5.74, 6) is 0. The maximum absolute atomic E-state index is 5.65. The van der Waals surface area contributed by atoms with E-state index in [0.717, 1.165) is 17.3 Å². The molecule has 0 heterocycles. The van der Waals surface area contributed by atoms with E-state index in [-0.39, 0.29) is 0 Å². The molecule has 3 heteroatoms. The predicted molar refractivity (Wildman–Crippen MR) is 75.1 cm³/mol. The van der Waals surface area contributed by atoms with Gasteiger partial charge >= 0.3 is 0 Å². The fraction of sp³-hybridized carbons (Fsp3) is 0.538. The molecule has 2 N–H and O–H groups in total. The summed E-state index contributed by atoms with van der Waals surface area (Å²) >= 11 is 3.51. The van der Waals surface area contributed by atoms with Crippen LogP contribution in [0.2, 0.25) is 0 Å². The normalized spacial score (nSPS) is 12.6. The predicted octanol–water partition coefficient (Wildman–Crippen LogP) is 3.19. The third-order valence-corrected chi connectivity index (χ3v) is 3.58. The Bertz CT molecular complexity index is 339. The number of nitrogens with two attached hydrogens (primary N) is 1. The number of nitrogens with zero attached hydrogens (tertiary/aromatic N) is 1. The van der Waals surface area contributed by atoms with Crippen LogP contribution in [-0.4, -0.2) is 19.6 Å². The molecule has 1 rings (SSSR count). The van der Waals surface area contributed by atoms with Gasteiger partial charge in [-0.25, -0.2) is 0 Å². The molecule has 0 aliphatic heterocycles. The highest BCUT2D eigenvalue weighted by atomic mass is 79.9. The highest BCUT2D eigenvalue weighted by molar-refractivity contribution is 9.10. The maximum Gasteiger partial charge on any atom is 0.0399 e. The first kappa shape index (κ1) is 13.5. The summed E-state index contributed by atoms with van der Waals surface area (Å²) in [6.07, 6.45) is 2.07. The molecule has 0 aliphatic carbocycles. The summed E-state index contributed by atoms with van der Waals surface area (Å²) in [6, 6.07) is 6.98. The average molecular weight is 285 g/mol. The molecule has 0 spiro atoms. The van der Waals surface area contributed by atoms with E-state index in [1.165, 1.54) is 11.3 Å². The Balaban J connectivity index is 3.01. The zero-order chi connectivity index (χ0) is 12.1. The Morgan fingerprint density at radius 2 is 2.12 bits per heavy atom. The van der Waals surface area contributed by atoms with Gasteiger partial charge in [0.15, 0.2) is 0 Å². The fourth-order valence-electron chi connectivity index (χ4n) is 1.77. The lowest BCUT2D eigenvalue weighted by atomic mass is 10.1. The lowest BCUT2D eigenvalue weighted by molar-refractivity contribution is 0.661. The molecule has 2 nitrogen and oxygen atoms in total. The van der Waals surface area contributed by atoms with Crippen molar-refractivity contribution in [3.63, 3.8) is 0 Å². The second-order valence-corrected chi connectivity index (χ2v) is 5.10. The van der Waals surface area contributed by atoms with Gasteiger partial charge in [-0.1, -0.05) is 22.9 Å². The monoisotopic (exact) mass is 284 g/mol. The molecule has 16 heavy (non-hydrogen) atoms. The SMILES string of the molecule is CCC(C)N(C)c1ccc(Br)cc1CCN. The first-order valence-electron chi connectivity index (χ1n) is 5.81. The van der Waals surface area contributed by atoms with Crippen LogP contribution < -0.4 is 10.6 Å². The van der Waals surface area contributed by atoms with Crippen molar-refractivity contribution in [2.24, 2.45) is 5.73 Å². The summed E-state index contributed by atoms with van der Waals surface area (Å²) in [5.41, 5.74) is 8.27. The van der Waals surface area contributed by atoms with Gasteiger partial charge in [0.1, 0.15) is 0 Å². The summed E-state index contributed by atoms with van der Waals surface area (Å²) in [4.78, 5) is 2.33. The topological polar surface area (TPSA) is 29.3 Å². The van der Waals surface area contributed by atoms with Crippen molar-refractivity contribution in [2.75, 3.05) is 18.5 Å². The number of hydrogen-bond acceptors (Lipinski definition) is 2. The highest BCUT2D eigenvalue weighted by Gasteiger charge is 2.11. The average Bonchev–Trinajstić information content (AvgIpc) is 2.28. The number of rotatable bonds is 5. The summed E-state index contributed by atoms with van der Waals surface area (Å²) in [5, 5.41) is 0. The van der Waals surface area contributed by atoms with Crippen LogP contribution >= 0.6 is 15.9 Å². The van der Waals surface area contributed by atoms with Crippen molar-refractivity contribution in [1.29, 1.82) is 0 Å². The van der Waals surface area contributed by atoms with Crippen LogP contribution in [0.5, 0.6) is 0 Å². The Kier molecular flexibility index (Phi) is 5.29. The Morgan fingerprint density at radius 1 is 1.44 bits per heavy atom. The molecule has 0 radical (unpaired) electrons. The first-order valence-corrected chi connectivity index (χ1v) is 6.60. The minimum atomic E-state index is 0.553. The molecule has 0 aliphatic rings. The van der Waals surface area contributed by atoms with Crippen LogP contribution in [0.3, 0.4) is 0 Å². The van der Waals surface area contributed by atoms with Gasteiger partial charge in [-0.3, -0.25) is 0 Å². The number of benzene rings is 1. The van der Waals surface area contributed by atoms with Crippen LogP contribution in [0.4, 0.5) is 5.69 Å². The van der Waals surface area contributed by atoms with Crippen molar-refractivity contribution in [1.82, 2.24) is 0 Å². The molecule has 90 valence electrons. The lowest BCUT2D eigenvalue weighted by Gasteiger charge is -2.28. The molecule has 0 amide bonds. The van der Waals surface area contributed by atoms with E-state index in [2.05, 4.69) is 59.9 Å². The molecule has 1 atom stereocenters. The maximum atomic E-state index is 5.65. The molecule has 0 aromatic heterocycles. The van der Waals surface area contributed by atoms with E-state index in [0.29, 0.717) is 12.6 Å². The van der Waals surface area contributed by atoms with Gasteiger partial charge in [0.05, 0.1) is 0 Å². The van der Waals surface area contributed by atoms with E-state index in [4.69, 9.17) is 5.73 Å². The molecular formula is C13H21BrN2. The van der Waals surface area contributed by atoms with Gasteiger partial charge < -0.3 is 10.6 Å². The molecule has 0 saturated carbocycles. The summed E-state index contributed by atoms with van der Waals surface area (Å²) in [6.45, 7) is 5.15. The molecule has 1 aromatic carbocycles. The second kappa shape index (κ2) is 6.26. The van der Waals surface area contributed by atoms with E-state index in [1.54, 1.807) is 0 Å². The van der Waals surface area contributed by atoms with Crippen molar-refractivity contribution in [3.05, 3.63) is 28.2 Å². The van der Waals surface area contributed by atoms with Crippen molar-refractivity contribution in [3.8, 4) is 0 Å². The van der Waals surface area contributed by atoms with Gasteiger partial charge in [0.25, 0.3) is 0 Å². The Hall–Kier alpha value is -0.540. The van der Waals surface area contributed by atoms with E-state index >= 15 is 0 Å². The van der Waals surface area contributed by atoms with Crippen molar-refractivity contribution in [2.45, 2.75) is 32.7 Å². The van der Waals surface area contributed by atoms with Crippen molar-refractivity contribution >= 4 is 21.6 Å². The minimum Gasteiger partial charge on any atom is -0.372 e. The van der Waals surface area contributed by atoms with E-state index in [1.807, 2.05) is 0 Å². The molecule has 0 bridgehead atoms. The quantitative estimate of drug-likeness (QED) is 0.900.